The molecule has 0 aliphatic heterocycles. The summed E-state index contributed by atoms with van der Waals surface area (Å²) >= 11 is 0. The van der Waals surface area contributed by atoms with Gasteiger partial charge in [-0.05, 0) is 24.3 Å². The lowest BCUT2D eigenvalue weighted by Gasteiger charge is -2.20. The number of aromatic hydroxyl groups is 2. The first-order valence-corrected chi connectivity index (χ1v) is 6.63. The molecule has 0 aliphatic carbocycles. The number of ether oxygens (including phenoxy) is 5. The molecule has 2 aromatic carbocycles. The van der Waals surface area contributed by atoms with E-state index in [1.807, 2.05) is 0 Å². The monoisotopic (exact) mass is 322 g/mol. The van der Waals surface area contributed by atoms with Crippen LogP contribution in [0.15, 0.2) is 24.3 Å². The number of benzene rings is 2. The van der Waals surface area contributed by atoms with Crippen molar-refractivity contribution < 1.29 is 33.9 Å². The van der Waals surface area contributed by atoms with Gasteiger partial charge in [0, 0.05) is 0 Å². The molecule has 0 spiro atoms. The Hall–Kier alpha value is -2.96. The second-order valence-electron chi connectivity index (χ2n) is 4.41. The number of hydrogen-bond donors (Lipinski definition) is 2. The Morgan fingerprint density at radius 3 is 1.43 bits per heavy atom. The highest BCUT2D eigenvalue weighted by molar-refractivity contribution is 5.73. The molecule has 0 saturated heterocycles. The second-order valence-corrected chi connectivity index (χ2v) is 4.41. The van der Waals surface area contributed by atoms with Crippen molar-refractivity contribution in [2.45, 2.75) is 0 Å². The van der Waals surface area contributed by atoms with Crippen molar-refractivity contribution in [1.29, 1.82) is 0 Å². The van der Waals surface area contributed by atoms with Gasteiger partial charge in [0.2, 0.25) is 34.5 Å². The van der Waals surface area contributed by atoms with Crippen LogP contribution in [0.2, 0.25) is 0 Å². The molecule has 0 bridgehead atoms. The average molecular weight is 322 g/mol. The highest BCUT2D eigenvalue weighted by Gasteiger charge is 2.29. The van der Waals surface area contributed by atoms with E-state index in [0.717, 1.165) is 0 Å². The summed E-state index contributed by atoms with van der Waals surface area (Å²) < 4.78 is 26.7. The maximum atomic E-state index is 10.2. The molecule has 7 heteroatoms. The van der Waals surface area contributed by atoms with Gasteiger partial charge in [0.05, 0.1) is 28.4 Å². The van der Waals surface area contributed by atoms with Crippen LogP contribution >= 0.6 is 0 Å². The van der Waals surface area contributed by atoms with E-state index in [9.17, 15) is 10.2 Å². The molecule has 0 heterocycles. The van der Waals surface area contributed by atoms with Crippen molar-refractivity contribution in [1.82, 2.24) is 0 Å². The summed E-state index contributed by atoms with van der Waals surface area (Å²) in [6.07, 6.45) is 0. The van der Waals surface area contributed by atoms with Crippen molar-refractivity contribution >= 4 is 0 Å². The third-order valence-electron chi connectivity index (χ3n) is 3.13. The molecule has 0 aromatic heterocycles. The number of phenolic OH excluding ortho intramolecular Hbond substituents is 2. The summed E-state index contributed by atoms with van der Waals surface area (Å²) in [5, 5.41) is 19.6. The van der Waals surface area contributed by atoms with Crippen molar-refractivity contribution in [3.8, 4) is 46.0 Å². The molecule has 7 nitrogen and oxygen atoms in total. The molecule has 0 saturated carbocycles. The van der Waals surface area contributed by atoms with Crippen LogP contribution < -0.4 is 23.7 Å². The molecule has 0 fully saturated rings. The first-order valence-electron chi connectivity index (χ1n) is 6.63. The summed E-state index contributed by atoms with van der Waals surface area (Å²) in [6.45, 7) is 0. The van der Waals surface area contributed by atoms with E-state index in [1.165, 1.54) is 40.6 Å². The molecule has 2 rings (SSSR count). The van der Waals surface area contributed by atoms with E-state index in [4.69, 9.17) is 23.7 Å². The average Bonchev–Trinajstić information content (AvgIpc) is 2.57. The van der Waals surface area contributed by atoms with Gasteiger partial charge in [0.15, 0.2) is 0 Å². The molecule has 23 heavy (non-hydrogen) atoms. The Balaban J connectivity index is 2.65. The molecule has 0 aliphatic rings. The molecular weight excluding hydrogens is 304 g/mol. The lowest BCUT2D eigenvalue weighted by molar-refractivity contribution is 0.281. The maximum Gasteiger partial charge on any atom is 0.219 e. The fourth-order valence-electron chi connectivity index (χ4n) is 2.10. The molecule has 124 valence electrons. The Kier molecular flexibility index (Phi) is 4.90. The predicted octanol–water partition coefficient (Wildman–Crippen LogP) is 2.92. The molecule has 2 aromatic rings. The Labute approximate surface area is 133 Å². The summed E-state index contributed by atoms with van der Waals surface area (Å²) in [5.41, 5.74) is 0. The van der Waals surface area contributed by atoms with E-state index >= 15 is 0 Å². The zero-order chi connectivity index (χ0) is 17.0. The maximum absolute atomic E-state index is 10.2. The van der Waals surface area contributed by atoms with E-state index in [-0.39, 0.29) is 40.2 Å². The van der Waals surface area contributed by atoms with Crippen LogP contribution in [0.4, 0.5) is 0 Å². The summed E-state index contributed by atoms with van der Waals surface area (Å²) in [4.78, 5) is 0. The van der Waals surface area contributed by atoms with Gasteiger partial charge in [0.1, 0.15) is 11.5 Å². The first-order chi connectivity index (χ1) is 11.1. The zero-order valence-corrected chi connectivity index (χ0v) is 13.2. The Morgan fingerprint density at radius 2 is 1.04 bits per heavy atom. The van der Waals surface area contributed by atoms with Crippen LogP contribution in [0.25, 0.3) is 0 Å². The van der Waals surface area contributed by atoms with Crippen molar-refractivity contribution in [3.63, 3.8) is 0 Å². The van der Waals surface area contributed by atoms with Crippen LogP contribution in [0, 0.1) is 0 Å². The summed E-state index contributed by atoms with van der Waals surface area (Å²) in [6, 6.07) is 6.09. The van der Waals surface area contributed by atoms with Crippen LogP contribution in [0.3, 0.4) is 0 Å². The zero-order valence-electron chi connectivity index (χ0n) is 13.2. The minimum atomic E-state index is -0.262. The number of rotatable bonds is 6. The van der Waals surface area contributed by atoms with E-state index in [2.05, 4.69) is 0 Å². The topological polar surface area (TPSA) is 86.6 Å². The fourth-order valence-corrected chi connectivity index (χ4v) is 2.10. The van der Waals surface area contributed by atoms with Gasteiger partial charge in [-0.1, -0.05) is 0 Å². The molecule has 0 unspecified atom stereocenters. The van der Waals surface area contributed by atoms with E-state index < -0.39 is 0 Å². The minimum absolute atomic E-state index is 0.0546. The van der Waals surface area contributed by atoms with Gasteiger partial charge in [-0.25, -0.2) is 0 Å². The minimum Gasteiger partial charge on any atom is -0.508 e. The van der Waals surface area contributed by atoms with E-state index in [0.29, 0.717) is 5.75 Å². The lowest BCUT2D eigenvalue weighted by Crippen LogP contribution is -2.01. The van der Waals surface area contributed by atoms with Crippen LogP contribution in [-0.2, 0) is 0 Å². The third-order valence-corrected chi connectivity index (χ3v) is 3.13. The highest BCUT2D eigenvalue weighted by atomic mass is 16.6. The quantitative estimate of drug-likeness (QED) is 0.845. The predicted molar refractivity (Wildman–Crippen MR) is 82.5 cm³/mol. The number of phenols is 2. The largest absolute Gasteiger partial charge is 0.508 e. The Morgan fingerprint density at radius 1 is 0.609 bits per heavy atom. The molecule has 0 atom stereocenters. The lowest BCUT2D eigenvalue weighted by atomic mass is 10.2. The van der Waals surface area contributed by atoms with Crippen LogP contribution in [-0.4, -0.2) is 38.7 Å². The van der Waals surface area contributed by atoms with Gasteiger partial charge in [-0.3, -0.25) is 0 Å². The van der Waals surface area contributed by atoms with Gasteiger partial charge in [0.25, 0.3) is 0 Å². The fraction of sp³-hybridized carbons (Fsp3) is 0.250. The Bertz CT molecular complexity index is 647. The van der Waals surface area contributed by atoms with Gasteiger partial charge in [-0.15, -0.1) is 0 Å². The number of hydrogen-bond acceptors (Lipinski definition) is 7. The molecule has 0 amide bonds. The van der Waals surface area contributed by atoms with Gasteiger partial charge >= 0.3 is 0 Å². The smallest absolute Gasteiger partial charge is 0.219 e. The van der Waals surface area contributed by atoms with Crippen molar-refractivity contribution in [2.75, 3.05) is 28.4 Å². The van der Waals surface area contributed by atoms with Crippen LogP contribution in [0.1, 0.15) is 0 Å². The summed E-state index contributed by atoms with van der Waals surface area (Å²) in [5.74, 6) is 0.851. The third kappa shape index (κ3) is 2.98. The number of methoxy groups -OCH3 is 4. The first kappa shape index (κ1) is 16.4. The van der Waals surface area contributed by atoms with Gasteiger partial charge in [-0.2, -0.15) is 0 Å². The SMILES string of the molecule is COc1c(O)c(OC)c(OC)c(Oc2ccc(O)cc2)c1OC. The van der Waals surface area contributed by atoms with E-state index in [1.54, 1.807) is 12.1 Å². The molecular formula is C16H18O7. The molecule has 2 N–H and O–H groups in total. The van der Waals surface area contributed by atoms with Crippen molar-refractivity contribution in [3.05, 3.63) is 24.3 Å². The van der Waals surface area contributed by atoms with Crippen molar-refractivity contribution in [2.24, 2.45) is 0 Å². The highest BCUT2D eigenvalue weighted by Crippen LogP contribution is 2.57. The summed E-state index contributed by atoms with van der Waals surface area (Å²) in [7, 11) is 5.58. The second kappa shape index (κ2) is 6.87. The molecule has 0 radical (unpaired) electrons. The van der Waals surface area contributed by atoms with Gasteiger partial charge < -0.3 is 33.9 Å². The van der Waals surface area contributed by atoms with Crippen LogP contribution in [0.5, 0.6) is 46.0 Å². The standard InChI is InChI=1S/C16H18O7/c1-19-12-11(18)13(20-2)15(22-4)16(14(12)21-3)23-10-7-5-9(17)6-8-10/h5-8,17-18H,1-4H3. The normalized spacial score (nSPS) is 10.1.